The maximum atomic E-state index is 12.9. The van der Waals surface area contributed by atoms with E-state index in [0.717, 1.165) is 25.9 Å². The third-order valence-electron chi connectivity index (χ3n) is 4.96. The lowest BCUT2D eigenvalue weighted by Gasteiger charge is -2.28. The molecule has 0 radical (unpaired) electrons. The van der Waals surface area contributed by atoms with Crippen LogP contribution < -0.4 is 5.32 Å². The van der Waals surface area contributed by atoms with Crippen LogP contribution in [0.3, 0.4) is 0 Å². The van der Waals surface area contributed by atoms with Crippen molar-refractivity contribution >= 4 is 5.91 Å². The molecule has 0 bridgehead atoms. The number of hydrogen-bond donors (Lipinski definition) is 2. The van der Waals surface area contributed by atoms with Gasteiger partial charge in [0.05, 0.1) is 18.2 Å². The molecule has 2 heterocycles. The molecule has 2 aliphatic rings. The highest BCUT2D eigenvalue weighted by molar-refractivity contribution is 5.82. The van der Waals surface area contributed by atoms with Crippen LogP contribution in [0.5, 0.6) is 0 Å². The van der Waals surface area contributed by atoms with Crippen LogP contribution in [0.4, 0.5) is 0 Å². The van der Waals surface area contributed by atoms with Gasteiger partial charge in [0, 0.05) is 26.2 Å². The highest BCUT2D eigenvalue weighted by Gasteiger charge is 2.32. The van der Waals surface area contributed by atoms with Crippen molar-refractivity contribution < 1.29 is 14.6 Å². The van der Waals surface area contributed by atoms with E-state index in [9.17, 15) is 9.90 Å². The number of nitrogens with zero attached hydrogens (tertiary/aromatic N) is 1. The summed E-state index contributed by atoms with van der Waals surface area (Å²) >= 11 is 0. The van der Waals surface area contributed by atoms with Crippen molar-refractivity contribution in [3.8, 4) is 0 Å². The van der Waals surface area contributed by atoms with Gasteiger partial charge in [0.15, 0.2) is 0 Å². The Labute approximate surface area is 144 Å². The van der Waals surface area contributed by atoms with Gasteiger partial charge in [-0.2, -0.15) is 0 Å². The van der Waals surface area contributed by atoms with Gasteiger partial charge in [0.25, 0.3) is 0 Å². The van der Waals surface area contributed by atoms with E-state index >= 15 is 0 Å². The average molecular weight is 332 g/mol. The summed E-state index contributed by atoms with van der Waals surface area (Å²) in [6.45, 7) is 4.72. The van der Waals surface area contributed by atoms with Crippen LogP contribution in [0.2, 0.25) is 0 Å². The van der Waals surface area contributed by atoms with Gasteiger partial charge in [-0.25, -0.2) is 0 Å². The van der Waals surface area contributed by atoms with E-state index < -0.39 is 6.10 Å². The molecule has 3 rings (SSSR count). The first-order valence-electron chi connectivity index (χ1n) is 8.99. The lowest BCUT2D eigenvalue weighted by atomic mass is 10.1. The van der Waals surface area contributed by atoms with Crippen LogP contribution in [0.1, 0.15) is 30.4 Å². The number of carbonyl (C=O) groups excluding carboxylic acids is 1. The molecule has 0 spiro atoms. The monoisotopic (exact) mass is 332 g/mol. The second-order valence-electron chi connectivity index (χ2n) is 7.01. The fourth-order valence-electron chi connectivity index (χ4n) is 3.47. The number of nitrogens with one attached hydrogen (secondary N) is 1. The molecular formula is C19H28N2O3. The molecule has 3 atom stereocenters. The molecule has 1 aromatic rings. The Balaban J connectivity index is 1.61. The predicted octanol–water partition coefficient (Wildman–Crippen LogP) is 1.27. The Bertz CT molecular complexity index is 540. The summed E-state index contributed by atoms with van der Waals surface area (Å²) in [5.74, 6) is 0.0918. The summed E-state index contributed by atoms with van der Waals surface area (Å²) in [4.78, 5) is 14.8. The van der Waals surface area contributed by atoms with Gasteiger partial charge < -0.3 is 20.1 Å². The van der Waals surface area contributed by atoms with Gasteiger partial charge >= 0.3 is 0 Å². The predicted molar refractivity (Wildman–Crippen MR) is 92.9 cm³/mol. The number of aryl methyl sites for hydroxylation is 1. The summed E-state index contributed by atoms with van der Waals surface area (Å²) in [5, 5.41) is 12.8. The Morgan fingerprint density at radius 3 is 2.79 bits per heavy atom. The highest BCUT2D eigenvalue weighted by atomic mass is 16.5. The first-order chi connectivity index (χ1) is 11.6. The minimum absolute atomic E-state index is 0.0918. The first kappa shape index (κ1) is 17.4. The standard InChI is InChI=1S/C19H28N2O3/c1-14-4-6-15(7-5-14)8-9-21(13-17-3-2-10-24-17)19(23)18-11-16(22)12-20-18/h4-7,16-18,20,22H,2-3,8-13H2,1H3. The van der Waals surface area contributed by atoms with E-state index in [-0.39, 0.29) is 18.1 Å². The molecule has 2 saturated heterocycles. The maximum Gasteiger partial charge on any atom is 0.239 e. The van der Waals surface area contributed by atoms with Gasteiger partial charge in [-0.15, -0.1) is 0 Å². The lowest BCUT2D eigenvalue weighted by molar-refractivity contribution is -0.134. The van der Waals surface area contributed by atoms with Gasteiger partial charge in [0.1, 0.15) is 0 Å². The number of benzene rings is 1. The average Bonchev–Trinajstić information content (AvgIpc) is 3.24. The molecule has 24 heavy (non-hydrogen) atoms. The van der Waals surface area contributed by atoms with E-state index in [1.165, 1.54) is 11.1 Å². The zero-order chi connectivity index (χ0) is 16.9. The third kappa shape index (κ3) is 4.56. The zero-order valence-electron chi connectivity index (χ0n) is 14.4. The first-order valence-corrected chi connectivity index (χ1v) is 8.99. The van der Waals surface area contributed by atoms with Gasteiger partial charge in [-0.3, -0.25) is 4.79 Å². The SMILES string of the molecule is Cc1ccc(CCN(CC2CCCO2)C(=O)C2CC(O)CN2)cc1. The summed E-state index contributed by atoms with van der Waals surface area (Å²) in [7, 11) is 0. The smallest absolute Gasteiger partial charge is 0.239 e. The molecule has 132 valence electrons. The van der Waals surface area contributed by atoms with Crippen molar-refractivity contribution in [3.63, 3.8) is 0 Å². The molecule has 2 fully saturated rings. The minimum Gasteiger partial charge on any atom is -0.392 e. The van der Waals surface area contributed by atoms with E-state index in [1.807, 2.05) is 4.90 Å². The number of hydrogen-bond acceptors (Lipinski definition) is 4. The molecule has 1 amide bonds. The zero-order valence-corrected chi connectivity index (χ0v) is 14.4. The Hall–Kier alpha value is -1.43. The highest BCUT2D eigenvalue weighted by Crippen LogP contribution is 2.17. The molecule has 3 unspecified atom stereocenters. The van der Waals surface area contributed by atoms with Gasteiger partial charge in [-0.1, -0.05) is 29.8 Å². The number of β-amino-alcohol motifs (C(OH)–C–C–N with tert-alkyl or cyclic N) is 1. The van der Waals surface area contributed by atoms with Crippen molar-refractivity contribution in [1.29, 1.82) is 0 Å². The van der Waals surface area contributed by atoms with Gasteiger partial charge in [0.2, 0.25) is 5.91 Å². The van der Waals surface area contributed by atoms with Gasteiger partial charge in [-0.05, 0) is 38.2 Å². The fraction of sp³-hybridized carbons (Fsp3) is 0.632. The molecule has 0 saturated carbocycles. The van der Waals surface area contributed by atoms with Crippen molar-refractivity contribution in [2.75, 3.05) is 26.2 Å². The van der Waals surface area contributed by atoms with Crippen LogP contribution in [0, 0.1) is 6.92 Å². The quantitative estimate of drug-likeness (QED) is 0.823. The number of amides is 1. The summed E-state index contributed by atoms with van der Waals surface area (Å²) in [5.41, 5.74) is 2.49. The van der Waals surface area contributed by atoms with E-state index in [1.54, 1.807) is 0 Å². The number of aliphatic hydroxyl groups excluding tert-OH is 1. The second-order valence-corrected chi connectivity index (χ2v) is 7.01. The largest absolute Gasteiger partial charge is 0.392 e. The molecule has 5 nitrogen and oxygen atoms in total. The van der Waals surface area contributed by atoms with Crippen LogP contribution in [-0.2, 0) is 16.0 Å². The number of carbonyl (C=O) groups is 1. The minimum atomic E-state index is -0.416. The molecule has 2 N–H and O–H groups in total. The fourth-order valence-corrected chi connectivity index (χ4v) is 3.47. The van der Waals surface area contributed by atoms with E-state index in [2.05, 4.69) is 36.5 Å². The maximum absolute atomic E-state index is 12.9. The summed E-state index contributed by atoms with van der Waals surface area (Å²) in [6.07, 6.45) is 3.18. The topological polar surface area (TPSA) is 61.8 Å². The molecule has 0 aromatic heterocycles. The van der Waals surface area contributed by atoms with Crippen molar-refractivity contribution in [3.05, 3.63) is 35.4 Å². The second kappa shape index (κ2) is 8.10. The van der Waals surface area contributed by atoms with Crippen molar-refractivity contribution in [2.45, 2.75) is 50.9 Å². The lowest BCUT2D eigenvalue weighted by Crippen LogP contribution is -2.47. The Kier molecular flexibility index (Phi) is 5.87. The molecule has 5 heteroatoms. The van der Waals surface area contributed by atoms with Crippen molar-refractivity contribution in [2.24, 2.45) is 0 Å². The van der Waals surface area contributed by atoms with E-state index in [0.29, 0.717) is 26.1 Å². The summed E-state index contributed by atoms with van der Waals surface area (Å²) in [6, 6.07) is 8.20. The molecular weight excluding hydrogens is 304 g/mol. The van der Waals surface area contributed by atoms with Crippen LogP contribution >= 0.6 is 0 Å². The molecule has 1 aromatic carbocycles. The number of rotatable bonds is 6. The summed E-state index contributed by atoms with van der Waals surface area (Å²) < 4.78 is 5.72. The normalized spacial score (nSPS) is 26.7. The van der Waals surface area contributed by atoms with Crippen LogP contribution in [0.15, 0.2) is 24.3 Å². The number of ether oxygens (including phenoxy) is 1. The Morgan fingerprint density at radius 1 is 1.38 bits per heavy atom. The van der Waals surface area contributed by atoms with Crippen LogP contribution in [0.25, 0.3) is 0 Å². The van der Waals surface area contributed by atoms with Crippen molar-refractivity contribution in [1.82, 2.24) is 10.2 Å². The Morgan fingerprint density at radius 2 is 2.17 bits per heavy atom. The molecule has 2 aliphatic heterocycles. The third-order valence-corrected chi connectivity index (χ3v) is 4.96. The number of aliphatic hydroxyl groups is 1. The van der Waals surface area contributed by atoms with E-state index in [4.69, 9.17) is 4.74 Å². The van der Waals surface area contributed by atoms with Crippen LogP contribution in [-0.4, -0.2) is 60.4 Å². The molecule has 0 aliphatic carbocycles.